The molecular weight excluding hydrogens is 547 g/mol. The van der Waals surface area contributed by atoms with Crippen LogP contribution in [0.4, 0.5) is 36.2 Å². The van der Waals surface area contributed by atoms with Crippen molar-refractivity contribution in [3.63, 3.8) is 0 Å². The van der Waals surface area contributed by atoms with Gasteiger partial charge >= 0.3 is 6.18 Å². The molecule has 0 radical (unpaired) electrons. The van der Waals surface area contributed by atoms with Gasteiger partial charge in [-0.1, -0.05) is 18.3 Å². The van der Waals surface area contributed by atoms with Crippen LogP contribution in [0.3, 0.4) is 0 Å². The lowest BCUT2D eigenvalue weighted by molar-refractivity contribution is -0.140. The van der Waals surface area contributed by atoms with Gasteiger partial charge in [0.1, 0.15) is 16.3 Å². The number of aromatic nitrogens is 2. The Morgan fingerprint density at radius 2 is 1.98 bits per heavy atom. The molecular formula is C26H34F3N7O3S. The van der Waals surface area contributed by atoms with Crippen molar-refractivity contribution < 1.29 is 27.8 Å². The minimum Gasteiger partial charge on any atom is -0.494 e. The van der Waals surface area contributed by atoms with E-state index < -0.39 is 17.6 Å². The fraction of sp³-hybridized carbons (Fsp3) is 0.500. The van der Waals surface area contributed by atoms with Crippen LogP contribution < -0.4 is 20.3 Å². The number of halogens is 3. The minimum absolute atomic E-state index is 0.0484. The van der Waals surface area contributed by atoms with Crippen molar-refractivity contribution in [1.29, 1.82) is 0 Å². The van der Waals surface area contributed by atoms with Gasteiger partial charge in [0, 0.05) is 49.7 Å². The van der Waals surface area contributed by atoms with Crippen LogP contribution >= 0.6 is 11.8 Å². The highest BCUT2D eigenvalue weighted by atomic mass is 32.2. The van der Waals surface area contributed by atoms with Crippen LogP contribution in [-0.2, 0) is 11.0 Å². The summed E-state index contributed by atoms with van der Waals surface area (Å²) in [6.07, 6.45) is -0.804. The van der Waals surface area contributed by atoms with Gasteiger partial charge in [-0.15, -0.1) is 0 Å². The molecule has 2 saturated heterocycles. The Kier molecular flexibility index (Phi) is 9.44. The normalized spacial score (nSPS) is 17.1. The molecule has 0 spiro atoms. The van der Waals surface area contributed by atoms with Gasteiger partial charge in [-0.25, -0.2) is 9.97 Å². The first-order chi connectivity index (χ1) is 19.0. The number of anilines is 4. The number of likely N-dealkylation sites (tertiary alicyclic amines) is 1. The fourth-order valence-electron chi connectivity index (χ4n) is 4.71. The van der Waals surface area contributed by atoms with Crippen molar-refractivity contribution in [2.24, 2.45) is 0 Å². The summed E-state index contributed by atoms with van der Waals surface area (Å²) in [4.78, 5) is 26.5. The molecule has 2 fully saturated rings. The molecule has 2 aromatic rings. The average molecular weight is 582 g/mol. The molecule has 1 aromatic carbocycles. The van der Waals surface area contributed by atoms with E-state index >= 15 is 0 Å². The van der Waals surface area contributed by atoms with Gasteiger partial charge in [-0.3, -0.25) is 9.69 Å². The molecule has 0 atom stereocenters. The molecule has 3 N–H and O–H groups in total. The maximum Gasteiger partial charge on any atom is 0.420 e. The summed E-state index contributed by atoms with van der Waals surface area (Å²) in [6, 6.07) is 3.90. The van der Waals surface area contributed by atoms with Crippen LogP contribution in [0.25, 0.3) is 0 Å². The molecule has 2 aliphatic rings. The average Bonchev–Trinajstić information content (AvgIpc) is 2.90. The summed E-state index contributed by atoms with van der Waals surface area (Å²) in [6.45, 7) is 5.84. The van der Waals surface area contributed by atoms with Crippen molar-refractivity contribution in [2.45, 2.75) is 35.3 Å². The molecule has 2 aliphatic heterocycles. The van der Waals surface area contributed by atoms with Crippen LogP contribution in [0.15, 0.2) is 36.0 Å². The van der Waals surface area contributed by atoms with Crippen molar-refractivity contribution >= 4 is 40.7 Å². The van der Waals surface area contributed by atoms with Crippen LogP contribution in [0.2, 0.25) is 0 Å². The Bertz CT molecular complexity index is 1220. The number of aliphatic hydroxyl groups is 1. The van der Waals surface area contributed by atoms with E-state index in [9.17, 15) is 23.1 Å². The second-order valence-electron chi connectivity index (χ2n) is 9.90. The van der Waals surface area contributed by atoms with Crippen molar-refractivity contribution in [3.05, 3.63) is 36.5 Å². The quantitative estimate of drug-likeness (QED) is 0.285. The number of alkyl halides is 3. The number of aliphatic hydroxyl groups excluding tert-OH is 1. The van der Waals surface area contributed by atoms with Gasteiger partial charge in [-0.2, -0.15) is 13.2 Å². The van der Waals surface area contributed by atoms with E-state index in [1.54, 1.807) is 17.0 Å². The predicted octanol–water partition coefficient (Wildman–Crippen LogP) is 3.63. The Morgan fingerprint density at radius 1 is 1.27 bits per heavy atom. The topological polar surface area (TPSA) is 106 Å². The van der Waals surface area contributed by atoms with Crippen LogP contribution in [0.5, 0.6) is 5.75 Å². The standard InChI is InChI=1S/C26H34F3N7O3S/c1-5-23(38)31-19-10-20(22(39-4)11-21(19)36-8-6-16(7-9-36)34(2)3)32-25-30-12-18(26(27,28)29)24(33-25)40-17-13-35(14-17)15-37/h5,10-12,16-17,37H,1,6-9,13-15H2,2-4H3,(H,31,38)(H,30,32,33). The SMILES string of the molecule is C=CC(=O)Nc1cc(Nc2ncc(C(F)(F)F)c(SC3CN(CO)C3)n2)c(OC)cc1N1CCC(N(C)C)CC1. The molecule has 1 amide bonds. The van der Waals surface area contributed by atoms with Crippen molar-refractivity contribution in [3.8, 4) is 5.75 Å². The Labute approximate surface area is 235 Å². The summed E-state index contributed by atoms with van der Waals surface area (Å²) in [5, 5.41) is 14.7. The molecule has 4 rings (SSSR count). The number of hydrogen-bond donors (Lipinski definition) is 3. The molecule has 10 nitrogen and oxygen atoms in total. The molecule has 40 heavy (non-hydrogen) atoms. The maximum absolute atomic E-state index is 13.7. The lowest BCUT2D eigenvalue weighted by Crippen LogP contribution is -2.49. The van der Waals surface area contributed by atoms with Gasteiger partial charge < -0.3 is 30.3 Å². The van der Waals surface area contributed by atoms with Gasteiger partial charge in [0.05, 0.1) is 30.9 Å². The van der Waals surface area contributed by atoms with Crippen LogP contribution in [-0.4, -0.2) is 96.2 Å². The molecule has 0 bridgehead atoms. The lowest BCUT2D eigenvalue weighted by atomic mass is 10.0. The number of hydrogen-bond acceptors (Lipinski definition) is 10. The highest BCUT2D eigenvalue weighted by molar-refractivity contribution is 8.00. The molecule has 0 aliphatic carbocycles. The van der Waals surface area contributed by atoms with Gasteiger partial charge in [0.2, 0.25) is 11.9 Å². The van der Waals surface area contributed by atoms with Crippen molar-refractivity contribution in [2.75, 3.05) is 69.6 Å². The zero-order valence-corrected chi connectivity index (χ0v) is 23.5. The second kappa shape index (κ2) is 12.6. The molecule has 3 heterocycles. The maximum atomic E-state index is 13.7. The zero-order valence-electron chi connectivity index (χ0n) is 22.7. The second-order valence-corrected chi connectivity index (χ2v) is 11.2. The van der Waals surface area contributed by atoms with Gasteiger partial charge in [0.25, 0.3) is 0 Å². The third kappa shape index (κ3) is 6.97. The number of piperidine rings is 1. The number of carbonyl (C=O) groups is 1. The van der Waals surface area contributed by atoms with Gasteiger partial charge in [0.15, 0.2) is 0 Å². The Morgan fingerprint density at radius 3 is 2.55 bits per heavy atom. The Hall–Kier alpha value is -3.07. The summed E-state index contributed by atoms with van der Waals surface area (Å²) >= 11 is 1.00. The van der Waals surface area contributed by atoms with Crippen LogP contribution in [0.1, 0.15) is 18.4 Å². The van der Waals surface area contributed by atoms with Crippen molar-refractivity contribution in [1.82, 2.24) is 19.8 Å². The third-order valence-electron chi connectivity index (χ3n) is 7.00. The number of benzene rings is 1. The van der Waals surface area contributed by atoms with E-state index in [2.05, 4.69) is 51.1 Å². The highest BCUT2D eigenvalue weighted by Crippen LogP contribution is 2.41. The number of amides is 1. The number of thioether (sulfide) groups is 1. The number of ether oxygens (including phenoxy) is 1. The Balaban J connectivity index is 1.64. The first kappa shape index (κ1) is 29.9. The fourth-order valence-corrected chi connectivity index (χ4v) is 6.03. The van der Waals surface area contributed by atoms with Crippen LogP contribution in [0, 0.1) is 0 Å². The van der Waals surface area contributed by atoms with E-state index in [4.69, 9.17) is 4.74 Å². The molecule has 218 valence electrons. The summed E-state index contributed by atoms with van der Waals surface area (Å²) in [7, 11) is 5.61. The highest BCUT2D eigenvalue weighted by Gasteiger charge is 2.38. The lowest BCUT2D eigenvalue weighted by Gasteiger charge is -2.37. The number of nitrogens with one attached hydrogen (secondary N) is 2. The molecule has 0 unspecified atom stereocenters. The predicted molar refractivity (Wildman–Crippen MR) is 149 cm³/mol. The number of nitrogens with zero attached hydrogens (tertiary/aromatic N) is 5. The van der Waals surface area contributed by atoms with E-state index in [0.717, 1.165) is 49.6 Å². The summed E-state index contributed by atoms with van der Waals surface area (Å²) in [5.74, 6) is -0.0354. The minimum atomic E-state index is -4.62. The number of methoxy groups -OCH3 is 1. The molecule has 14 heteroatoms. The van der Waals surface area contributed by atoms with E-state index in [1.165, 1.54) is 13.2 Å². The number of carbonyl (C=O) groups excluding carboxylic acids is 1. The van der Waals surface area contributed by atoms with E-state index in [1.807, 2.05) is 0 Å². The smallest absolute Gasteiger partial charge is 0.420 e. The zero-order chi connectivity index (χ0) is 29.0. The first-order valence-corrected chi connectivity index (χ1v) is 13.7. The summed E-state index contributed by atoms with van der Waals surface area (Å²) < 4.78 is 46.7. The monoisotopic (exact) mass is 581 g/mol. The third-order valence-corrected chi connectivity index (χ3v) is 8.17. The largest absolute Gasteiger partial charge is 0.494 e. The van der Waals surface area contributed by atoms with E-state index in [0.29, 0.717) is 36.3 Å². The van der Waals surface area contributed by atoms with E-state index in [-0.39, 0.29) is 23.0 Å². The first-order valence-electron chi connectivity index (χ1n) is 12.8. The summed E-state index contributed by atoms with van der Waals surface area (Å²) in [5.41, 5.74) is 0.710. The molecule has 1 aromatic heterocycles. The van der Waals surface area contributed by atoms with Gasteiger partial charge in [-0.05, 0) is 39.1 Å². The molecule has 0 saturated carbocycles. The number of rotatable bonds is 10.